The van der Waals surface area contributed by atoms with Crippen molar-refractivity contribution in [2.24, 2.45) is 5.92 Å². The number of unbranched alkanes of at least 4 members (excludes halogenated alkanes) is 1. The summed E-state index contributed by atoms with van der Waals surface area (Å²) in [5, 5.41) is 19.7. The van der Waals surface area contributed by atoms with E-state index in [-0.39, 0.29) is 0 Å². The molecule has 0 N–H and O–H groups in total. The number of benzene rings is 1. The largest absolute Gasteiger partial charge is 0.192 e. The van der Waals surface area contributed by atoms with E-state index >= 15 is 0 Å². The summed E-state index contributed by atoms with van der Waals surface area (Å²) < 4.78 is 0. The highest BCUT2D eigenvalue weighted by atomic mass is 14.4. The molecule has 2 aliphatic rings. The van der Waals surface area contributed by atoms with Gasteiger partial charge in [0.1, 0.15) is 12.1 Å². The van der Waals surface area contributed by atoms with E-state index < -0.39 is 0 Å². The van der Waals surface area contributed by atoms with E-state index in [9.17, 15) is 10.5 Å². The van der Waals surface area contributed by atoms with Crippen LogP contribution in [-0.4, -0.2) is 0 Å². The van der Waals surface area contributed by atoms with E-state index in [1.54, 1.807) is 0 Å². The van der Waals surface area contributed by atoms with Gasteiger partial charge in [0.15, 0.2) is 0 Å². The second-order valence-corrected chi connectivity index (χ2v) is 8.41. The van der Waals surface area contributed by atoms with Gasteiger partial charge in [-0.15, -0.1) is 0 Å². The molecule has 0 bridgehead atoms. The molecule has 1 aromatic carbocycles. The predicted molar refractivity (Wildman–Crippen MR) is 106 cm³/mol. The predicted octanol–water partition coefficient (Wildman–Crippen LogP) is 6.94. The number of nitrogens with zero attached hydrogens (tertiary/aromatic N) is 2. The monoisotopic (exact) mass is 348 g/mol. The van der Waals surface area contributed by atoms with Crippen LogP contribution in [0.2, 0.25) is 0 Å². The van der Waals surface area contributed by atoms with Gasteiger partial charge in [0.2, 0.25) is 0 Å². The van der Waals surface area contributed by atoms with Crippen LogP contribution in [0, 0.1) is 28.6 Å². The molecule has 26 heavy (non-hydrogen) atoms. The molecule has 0 radical (unpaired) electrons. The molecule has 0 spiro atoms. The SMILES string of the molecule is CCCCC1CCC(c2ccc(C3CCCCC3)c(C#N)c2C#N)CC1. The van der Waals surface area contributed by atoms with Crippen molar-refractivity contribution in [3.8, 4) is 12.1 Å². The molecule has 2 aliphatic carbocycles. The van der Waals surface area contributed by atoms with Crippen LogP contribution in [0.25, 0.3) is 0 Å². The first kappa shape index (κ1) is 19.0. The maximum Gasteiger partial charge on any atom is 0.101 e. The van der Waals surface area contributed by atoms with Crippen molar-refractivity contribution in [2.75, 3.05) is 0 Å². The highest BCUT2D eigenvalue weighted by molar-refractivity contribution is 5.56. The van der Waals surface area contributed by atoms with Gasteiger partial charge >= 0.3 is 0 Å². The van der Waals surface area contributed by atoms with Crippen molar-refractivity contribution in [1.29, 1.82) is 10.5 Å². The molecule has 0 atom stereocenters. The minimum Gasteiger partial charge on any atom is -0.192 e. The second kappa shape index (κ2) is 9.23. The van der Waals surface area contributed by atoms with Crippen molar-refractivity contribution in [3.63, 3.8) is 0 Å². The summed E-state index contributed by atoms with van der Waals surface area (Å²) in [7, 11) is 0. The Morgan fingerprint density at radius 1 is 0.808 bits per heavy atom. The number of hydrogen-bond acceptors (Lipinski definition) is 2. The second-order valence-electron chi connectivity index (χ2n) is 8.41. The van der Waals surface area contributed by atoms with Gasteiger partial charge < -0.3 is 0 Å². The minimum absolute atomic E-state index is 0.468. The molecule has 0 unspecified atom stereocenters. The van der Waals surface area contributed by atoms with Crippen molar-refractivity contribution in [1.82, 2.24) is 0 Å². The van der Waals surface area contributed by atoms with E-state index in [1.807, 2.05) is 0 Å². The quantitative estimate of drug-likeness (QED) is 0.578. The molecular formula is C24H32N2. The highest BCUT2D eigenvalue weighted by Gasteiger charge is 2.27. The molecule has 1 aromatic rings. The fraction of sp³-hybridized carbons (Fsp3) is 0.667. The fourth-order valence-corrected chi connectivity index (χ4v) is 5.22. The Morgan fingerprint density at radius 2 is 1.35 bits per heavy atom. The molecule has 2 saturated carbocycles. The average molecular weight is 349 g/mol. The van der Waals surface area contributed by atoms with Crippen LogP contribution >= 0.6 is 0 Å². The third-order valence-electron chi connectivity index (χ3n) is 6.79. The number of rotatable bonds is 5. The topological polar surface area (TPSA) is 47.6 Å². The Kier molecular flexibility index (Phi) is 6.73. The summed E-state index contributed by atoms with van der Waals surface area (Å²) in [5.74, 6) is 1.81. The highest BCUT2D eigenvalue weighted by Crippen LogP contribution is 2.42. The Labute approximate surface area is 159 Å². The Bertz CT molecular complexity index is 677. The van der Waals surface area contributed by atoms with Gasteiger partial charge in [0, 0.05) is 0 Å². The lowest BCUT2D eigenvalue weighted by Crippen LogP contribution is -2.16. The summed E-state index contributed by atoms with van der Waals surface area (Å²) >= 11 is 0. The lowest BCUT2D eigenvalue weighted by molar-refractivity contribution is 0.304. The maximum absolute atomic E-state index is 9.85. The molecule has 0 amide bonds. The first-order chi connectivity index (χ1) is 12.8. The molecule has 0 heterocycles. The fourth-order valence-electron chi connectivity index (χ4n) is 5.22. The van der Waals surface area contributed by atoms with Gasteiger partial charge in [0.05, 0.1) is 11.1 Å². The summed E-state index contributed by atoms with van der Waals surface area (Å²) in [5.41, 5.74) is 3.67. The van der Waals surface area contributed by atoms with Crippen molar-refractivity contribution in [3.05, 3.63) is 34.4 Å². The van der Waals surface area contributed by atoms with Crippen LogP contribution < -0.4 is 0 Å². The first-order valence-electron chi connectivity index (χ1n) is 10.8. The van der Waals surface area contributed by atoms with Gasteiger partial charge in [-0.2, -0.15) is 10.5 Å². The summed E-state index contributed by atoms with van der Waals surface area (Å²) in [4.78, 5) is 0. The zero-order valence-corrected chi connectivity index (χ0v) is 16.3. The van der Waals surface area contributed by atoms with Crippen molar-refractivity contribution in [2.45, 2.75) is 95.8 Å². The zero-order chi connectivity index (χ0) is 18.4. The van der Waals surface area contributed by atoms with Crippen molar-refractivity contribution >= 4 is 0 Å². The Morgan fingerprint density at radius 3 is 1.85 bits per heavy atom. The number of hydrogen-bond donors (Lipinski definition) is 0. The molecule has 0 aromatic heterocycles. The standard InChI is InChI=1S/C24H32N2/c1-2-3-7-18-10-12-20(13-11-18)22-15-14-21(19-8-5-4-6-9-19)23(16-25)24(22)17-26/h14-15,18-20H,2-13H2,1H3. The Balaban J connectivity index is 1.80. The summed E-state index contributed by atoms with van der Waals surface area (Å²) in [6.07, 6.45) is 15.0. The Hall–Kier alpha value is -1.80. The van der Waals surface area contributed by atoms with Crippen LogP contribution in [0.3, 0.4) is 0 Å². The molecular weight excluding hydrogens is 316 g/mol. The zero-order valence-electron chi connectivity index (χ0n) is 16.3. The molecule has 0 saturated heterocycles. The third kappa shape index (κ3) is 4.12. The van der Waals surface area contributed by atoms with Gasteiger partial charge in [-0.25, -0.2) is 0 Å². The van der Waals surface area contributed by atoms with Gasteiger partial charge in [-0.1, -0.05) is 57.6 Å². The first-order valence-corrected chi connectivity index (χ1v) is 10.8. The third-order valence-corrected chi connectivity index (χ3v) is 6.79. The molecule has 2 heteroatoms. The molecule has 3 rings (SSSR count). The van der Waals surface area contributed by atoms with Gasteiger partial charge in [0.25, 0.3) is 0 Å². The molecule has 2 fully saturated rings. The normalized spacial score (nSPS) is 24.0. The smallest absolute Gasteiger partial charge is 0.101 e. The number of nitriles is 2. The molecule has 2 nitrogen and oxygen atoms in total. The van der Waals surface area contributed by atoms with E-state index in [2.05, 4.69) is 31.2 Å². The van der Waals surface area contributed by atoms with Crippen LogP contribution in [0.4, 0.5) is 0 Å². The van der Waals surface area contributed by atoms with E-state index in [1.165, 1.54) is 77.0 Å². The average Bonchev–Trinajstić information content (AvgIpc) is 2.72. The van der Waals surface area contributed by atoms with Crippen LogP contribution in [0.1, 0.15) is 118 Å². The lowest BCUT2D eigenvalue weighted by Gasteiger charge is -2.30. The lowest BCUT2D eigenvalue weighted by atomic mass is 9.74. The summed E-state index contributed by atoms with van der Waals surface area (Å²) in [6.45, 7) is 2.27. The van der Waals surface area contributed by atoms with E-state index in [0.717, 1.165) is 17.0 Å². The van der Waals surface area contributed by atoms with Crippen LogP contribution in [0.5, 0.6) is 0 Å². The van der Waals surface area contributed by atoms with E-state index in [4.69, 9.17) is 0 Å². The van der Waals surface area contributed by atoms with Crippen molar-refractivity contribution < 1.29 is 0 Å². The van der Waals surface area contributed by atoms with E-state index in [0.29, 0.717) is 23.0 Å². The molecule has 0 aliphatic heterocycles. The van der Waals surface area contributed by atoms with Crippen LogP contribution in [-0.2, 0) is 0 Å². The maximum atomic E-state index is 9.85. The van der Waals surface area contributed by atoms with Crippen LogP contribution in [0.15, 0.2) is 12.1 Å². The minimum atomic E-state index is 0.468. The van der Waals surface area contributed by atoms with Gasteiger partial charge in [-0.3, -0.25) is 0 Å². The summed E-state index contributed by atoms with van der Waals surface area (Å²) in [6, 6.07) is 9.20. The van der Waals surface area contributed by atoms with Gasteiger partial charge in [-0.05, 0) is 67.4 Å². The molecule has 138 valence electrons.